The van der Waals surface area contributed by atoms with Gasteiger partial charge in [-0.2, -0.15) is 0 Å². The quantitative estimate of drug-likeness (QED) is 0.738. The summed E-state index contributed by atoms with van der Waals surface area (Å²) in [6, 6.07) is 12.5. The minimum absolute atomic E-state index is 0.257. The Morgan fingerprint density at radius 1 is 1.12 bits per heavy atom. The molecule has 1 atom stereocenters. The Morgan fingerprint density at radius 3 is 2.53 bits per heavy atom. The third-order valence-corrected chi connectivity index (χ3v) is 4.68. The molecule has 2 heteroatoms. The summed E-state index contributed by atoms with van der Waals surface area (Å²) < 4.78 is 0. The maximum Gasteiger partial charge on any atom is 0.0705 e. The molecule has 17 heavy (non-hydrogen) atoms. The van der Waals surface area contributed by atoms with Gasteiger partial charge < -0.3 is 0 Å². The smallest absolute Gasteiger partial charge is 0.0705 e. The van der Waals surface area contributed by atoms with Crippen LogP contribution in [0.2, 0.25) is 0 Å². The number of halogens is 1. The largest absolute Gasteiger partial charge is 0.253 e. The number of alkyl halides is 1. The highest BCUT2D eigenvalue weighted by Gasteiger charge is 2.22. The van der Waals surface area contributed by atoms with Gasteiger partial charge in [-0.05, 0) is 17.5 Å². The van der Waals surface area contributed by atoms with Crippen molar-refractivity contribution in [2.75, 3.05) is 0 Å². The lowest BCUT2D eigenvalue weighted by Crippen LogP contribution is -2.22. The first-order valence-electron chi connectivity index (χ1n) is 5.95. The Morgan fingerprint density at radius 2 is 1.82 bits per heavy atom. The van der Waals surface area contributed by atoms with Crippen molar-refractivity contribution in [3.05, 3.63) is 42.1 Å². The number of hydrogen-bond acceptors (Lipinski definition) is 1. The van der Waals surface area contributed by atoms with E-state index < -0.39 is 0 Å². The fourth-order valence-corrected chi connectivity index (χ4v) is 2.04. The van der Waals surface area contributed by atoms with E-state index >= 15 is 0 Å². The molecule has 0 radical (unpaired) electrons. The van der Waals surface area contributed by atoms with Gasteiger partial charge in [0.15, 0.2) is 0 Å². The molecule has 0 aliphatic carbocycles. The number of fused-ring (bicyclic) bond motifs is 1. The van der Waals surface area contributed by atoms with Crippen LogP contribution in [0, 0.1) is 5.41 Å². The highest BCUT2D eigenvalue weighted by molar-refractivity contribution is 9.09. The fraction of sp³-hybridized carbons (Fsp3) is 0.400. The van der Waals surface area contributed by atoms with Gasteiger partial charge >= 0.3 is 0 Å². The van der Waals surface area contributed by atoms with E-state index in [1.807, 2.05) is 12.1 Å². The molecule has 0 N–H and O–H groups in total. The zero-order valence-electron chi connectivity index (χ0n) is 10.6. The number of nitrogens with zero attached hydrogens (tertiary/aromatic N) is 1. The molecule has 1 heterocycles. The number of pyridine rings is 1. The van der Waals surface area contributed by atoms with Gasteiger partial charge in [-0.3, -0.25) is 4.98 Å². The summed E-state index contributed by atoms with van der Waals surface area (Å²) in [6.45, 7) is 6.73. The molecule has 0 bridgehead atoms. The molecule has 1 unspecified atom stereocenters. The van der Waals surface area contributed by atoms with Crippen molar-refractivity contribution in [3.63, 3.8) is 0 Å². The molecule has 0 saturated carbocycles. The first kappa shape index (κ1) is 12.6. The van der Waals surface area contributed by atoms with Crippen molar-refractivity contribution in [2.45, 2.75) is 32.0 Å². The summed E-state index contributed by atoms with van der Waals surface area (Å²) in [5.41, 5.74) is 2.49. The van der Waals surface area contributed by atoms with Gasteiger partial charge in [0.05, 0.1) is 5.52 Å². The first-order valence-corrected chi connectivity index (χ1v) is 6.87. The molecule has 90 valence electrons. The minimum Gasteiger partial charge on any atom is -0.253 e. The monoisotopic (exact) mass is 291 g/mol. The lowest BCUT2D eigenvalue weighted by atomic mass is 9.89. The summed E-state index contributed by atoms with van der Waals surface area (Å²) in [5, 5.41) is 1.21. The van der Waals surface area contributed by atoms with Gasteiger partial charge in [0.1, 0.15) is 0 Å². The van der Waals surface area contributed by atoms with E-state index in [1.165, 1.54) is 5.39 Å². The standard InChI is InChI=1S/C15H18BrN/c1-15(2,3)14(16)10-12-9-8-11-6-4-5-7-13(11)17-12/h4-9,14H,10H2,1-3H3. The van der Waals surface area contributed by atoms with Crippen LogP contribution in [0.3, 0.4) is 0 Å². The molecular weight excluding hydrogens is 274 g/mol. The maximum atomic E-state index is 4.70. The molecule has 0 amide bonds. The van der Waals surface area contributed by atoms with Crippen LogP contribution in [-0.2, 0) is 6.42 Å². The van der Waals surface area contributed by atoms with E-state index in [0.29, 0.717) is 4.83 Å². The molecule has 0 saturated heterocycles. The average molecular weight is 292 g/mol. The summed E-state index contributed by atoms with van der Waals surface area (Å²) in [7, 11) is 0. The number of aromatic nitrogens is 1. The number of para-hydroxylation sites is 1. The van der Waals surface area contributed by atoms with Gasteiger partial charge in [-0.15, -0.1) is 0 Å². The van der Waals surface area contributed by atoms with Crippen LogP contribution in [0.25, 0.3) is 10.9 Å². The molecule has 0 aliphatic heterocycles. The minimum atomic E-state index is 0.257. The highest BCUT2D eigenvalue weighted by atomic mass is 79.9. The number of benzene rings is 1. The zero-order valence-corrected chi connectivity index (χ0v) is 12.2. The third-order valence-electron chi connectivity index (χ3n) is 2.98. The van der Waals surface area contributed by atoms with Gasteiger partial charge in [-0.25, -0.2) is 0 Å². The molecule has 0 aliphatic rings. The third kappa shape index (κ3) is 3.06. The van der Waals surface area contributed by atoms with Crippen LogP contribution in [0.4, 0.5) is 0 Å². The average Bonchev–Trinajstić information content (AvgIpc) is 2.27. The Labute approximate surface area is 111 Å². The van der Waals surface area contributed by atoms with E-state index in [4.69, 9.17) is 4.98 Å². The lowest BCUT2D eigenvalue weighted by Gasteiger charge is -2.25. The van der Waals surface area contributed by atoms with Crippen LogP contribution in [0.1, 0.15) is 26.5 Å². The molecule has 2 rings (SSSR count). The van der Waals surface area contributed by atoms with Crippen LogP contribution >= 0.6 is 15.9 Å². The second kappa shape index (κ2) is 4.77. The van der Waals surface area contributed by atoms with E-state index in [2.05, 4.69) is 61.0 Å². The Hall–Kier alpha value is -0.890. The number of hydrogen-bond donors (Lipinski definition) is 0. The first-order chi connectivity index (χ1) is 7.97. The van der Waals surface area contributed by atoms with E-state index in [0.717, 1.165) is 17.6 Å². The summed E-state index contributed by atoms with van der Waals surface area (Å²) in [6.07, 6.45) is 0.967. The predicted octanol–water partition coefficient (Wildman–Crippen LogP) is 4.59. The van der Waals surface area contributed by atoms with E-state index in [-0.39, 0.29) is 5.41 Å². The zero-order chi connectivity index (χ0) is 12.5. The van der Waals surface area contributed by atoms with Gasteiger partial charge in [0, 0.05) is 22.3 Å². The van der Waals surface area contributed by atoms with E-state index in [1.54, 1.807) is 0 Å². The predicted molar refractivity (Wildman–Crippen MR) is 77.6 cm³/mol. The summed E-state index contributed by atoms with van der Waals surface area (Å²) >= 11 is 3.76. The Balaban J connectivity index is 2.25. The lowest BCUT2D eigenvalue weighted by molar-refractivity contribution is 0.396. The SMILES string of the molecule is CC(C)(C)C(Br)Cc1ccc2ccccc2n1. The summed E-state index contributed by atoms with van der Waals surface area (Å²) in [4.78, 5) is 5.15. The van der Waals surface area contributed by atoms with Crippen LogP contribution < -0.4 is 0 Å². The molecule has 0 fully saturated rings. The van der Waals surface area contributed by atoms with Crippen LogP contribution in [0.5, 0.6) is 0 Å². The maximum absolute atomic E-state index is 4.70. The van der Waals surface area contributed by atoms with Crippen molar-refractivity contribution in [1.29, 1.82) is 0 Å². The van der Waals surface area contributed by atoms with E-state index in [9.17, 15) is 0 Å². The van der Waals surface area contributed by atoms with Crippen molar-refractivity contribution in [1.82, 2.24) is 4.98 Å². The Kier molecular flexibility index (Phi) is 3.53. The van der Waals surface area contributed by atoms with Gasteiger partial charge in [0.25, 0.3) is 0 Å². The Bertz CT molecular complexity index is 514. The topological polar surface area (TPSA) is 12.9 Å². The van der Waals surface area contributed by atoms with Gasteiger partial charge in [0.2, 0.25) is 0 Å². The molecule has 2 aromatic rings. The second-order valence-electron chi connectivity index (χ2n) is 5.53. The molecule has 1 nitrogen and oxygen atoms in total. The molecular formula is C15H18BrN. The van der Waals surface area contributed by atoms with Crippen molar-refractivity contribution < 1.29 is 0 Å². The molecule has 1 aromatic carbocycles. The van der Waals surface area contributed by atoms with Gasteiger partial charge in [-0.1, -0.05) is 61.0 Å². The van der Waals surface area contributed by atoms with Crippen LogP contribution in [-0.4, -0.2) is 9.81 Å². The fourth-order valence-electron chi connectivity index (χ4n) is 1.71. The highest BCUT2D eigenvalue weighted by Crippen LogP contribution is 2.28. The normalized spacial score (nSPS) is 13.9. The van der Waals surface area contributed by atoms with Crippen LogP contribution in [0.15, 0.2) is 36.4 Å². The van der Waals surface area contributed by atoms with Crippen molar-refractivity contribution >= 4 is 26.8 Å². The molecule has 0 spiro atoms. The molecule has 1 aromatic heterocycles. The van der Waals surface area contributed by atoms with Crippen molar-refractivity contribution in [2.24, 2.45) is 5.41 Å². The second-order valence-corrected chi connectivity index (χ2v) is 6.64. The van der Waals surface area contributed by atoms with Crippen molar-refractivity contribution in [3.8, 4) is 0 Å². The summed E-state index contributed by atoms with van der Waals surface area (Å²) in [5.74, 6) is 0. The number of rotatable bonds is 2.